The molecule has 0 amide bonds. The highest BCUT2D eigenvalue weighted by Gasteiger charge is 2.56. The molecule has 0 radical (unpaired) electrons. The lowest BCUT2D eigenvalue weighted by atomic mass is 9.74. The van der Waals surface area contributed by atoms with Crippen molar-refractivity contribution >= 4 is 0 Å². The number of benzene rings is 1. The van der Waals surface area contributed by atoms with Crippen LogP contribution in [0.3, 0.4) is 0 Å². The van der Waals surface area contributed by atoms with Crippen LogP contribution >= 0.6 is 0 Å². The summed E-state index contributed by atoms with van der Waals surface area (Å²) in [6.45, 7) is 2.09. The van der Waals surface area contributed by atoms with E-state index in [1.54, 1.807) is 12.1 Å². The van der Waals surface area contributed by atoms with Gasteiger partial charge in [0.05, 0.1) is 0 Å². The van der Waals surface area contributed by atoms with Gasteiger partial charge in [-0.1, -0.05) is 17.7 Å². The lowest BCUT2D eigenvalue weighted by molar-refractivity contribution is 0.146. The third-order valence-electron chi connectivity index (χ3n) is 4.52. The van der Waals surface area contributed by atoms with Crippen molar-refractivity contribution in [3.05, 3.63) is 53.4 Å². The largest absolute Gasteiger partial charge is 0.485 e. The Kier molecular flexibility index (Phi) is 1.87. The van der Waals surface area contributed by atoms with E-state index < -0.39 is 0 Å². The van der Waals surface area contributed by atoms with E-state index >= 15 is 0 Å². The summed E-state index contributed by atoms with van der Waals surface area (Å²) >= 11 is 0. The van der Waals surface area contributed by atoms with Gasteiger partial charge in [0.25, 0.3) is 0 Å². The van der Waals surface area contributed by atoms with Crippen LogP contribution in [0.25, 0.3) is 0 Å². The Morgan fingerprint density at radius 1 is 1.33 bits per heavy atom. The summed E-state index contributed by atoms with van der Waals surface area (Å²) in [6.07, 6.45) is 9.01. The van der Waals surface area contributed by atoms with Crippen molar-refractivity contribution in [3.8, 4) is 5.75 Å². The van der Waals surface area contributed by atoms with Crippen molar-refractivity contribution in [2.45, 2.75) is 31.3 Å². The fourth-order valence-corrected chi connectivity index (χ4v) is 3.45. The summed E-state index contributed by atoms with van der Waals surface area (Å²) in [6, 6.07) is 4.94. The maximum Gasteiger partial charge on any atom is 0.124 e. The van der Waals surface area contributed by atoms with Crippen molar-refractivity contribution < 1.29 is 9.13 Å². The molecule has 2 atom stereocenters. The summed E-state index contributed by atoms with van der Waals surface area (Å²) in [5.74, 6) is 1.08. The smallest absolute Gasteiger partial charge is 0.124 e. The first-order chi connectivity index (χ1) is 8.69. The van der Waals surface area contributed by atoms with Gasteiger partial charge in [0.2, 0.25) is 0 Å². The van der Waals surface area contributed by atoms with Crippen LogP contribution in [-0.4, -0.2) is 6.10 Å². The second-order valence-electron chi connectivity index (χ2n) is 5.67. The van der Waals surface area contributed by atoms with Gasteiger partial charge in [-0.25, -0.2) is 4.39 Å². The topological polar surface area (TPSA) is 9.23 Å². The summed E-state index contributed by atoms with van der Waals surface area (Å²) in [4.78, 5) is 0. The molecule has 1 saturated carbocycles. The molecule has 92 valence electrons. The number of halogens is 1. The Bertz CT molecular complexity index is 581. The number of allylic oxidation sites excluding steroid dienone is 2. The fraction of sp³-hybridized carbons (Fsp3) is 0.375. The minimum atomic E-state index is -0.159. The van der Waals surface area contributed by atoms with E-state index in [1.165, 1.54) is 11.6 Å². The maximum atomic E-state index is 13.5. The number of hydrogen-bond donors (Lipinski definition) is 0. The van der Waals surface area contributed by atoms with E-state index in [1.807, 2.05) is 0 Å². The molecule has 4 rings (SSSR count). The maximum absolute atomic E-state index is 13.5. The predicted octanol–water partition coefficient (Wildman–Crippen LogP) is 3.75. The third-order valence-corrected chi connectivity index (χ3v) is 4.52. The van der Waals surface area contributed by atoms with Crippen LogP contribution in [0.2, 0.25) is 0 Å². The number of hydrogen-bond acceptors (Lipinski definition) is 1. The van der Waals surface area contributed by atoms with Crippen molar-refractivity contribution in [3.63, 3.8) is 0 Å². The number of ether oxygens (including phenoxy) is 1. The quantitative estimate of drug-likeness (QED) is 0.673. The molecule has 0 N–H and O–H groups in total. The highest BCUT2D eigenvalue weighted by Crippen LogP contribution is 2.61. The summed E-state index contributed by atoms with van der Waals surface area (Å²) in [5, 5.41) is 0. The van der Waals surface area contributed by atoms with Gasteiger partial charge < -0.3 is 4.74 Å². The Balaban J connectivity index is 1.88. The Hall–Kier alpha value is -1.57. The molecule has 1 aromatic carbocycles. The van der Waals surface area contributed by atoms with Crippen LogP contribution in [0.4, 0.5) is 4.39 Å². The molecule has 0 bridgehead atoms. The molecule has 1 spiro atoms. The summed E-state index contributed by atoms with van der Waals surface area (Å²) in [7, 11) is 0. The lowest BCUT2D eigenvalue weighted by Gasteiger charge is -2.39. The first kappa shape index (κ1) is 10.4. The monoisotopic (exact) mass is 242 g/mol. The minimum Gasteiger partial charge on any atom is -0.485 e. The standard InChI is InChI=1S/C16H15FO/c1-10-2-4-12-15(8-10)18-14-5-3-11(17)9-13(14)16(12)6-7-16/h2-5,8-9,12,15H,6-7H2,1H3. The predicted molar refractivity (Wildman–Crippen MR) is 68.1 cm³/mol. The minimum absolute atomic E-state index is 0.121. The van der Waals surface area contributed by atoms with Crippen molar-refractivity contribution in [1.29, 1.82) is 0 Å². The zero-order chi connectivity index (χ0) is 12.3. The third kappa shape index (κ3) is 1.26. The fourth-order valence-electron chi connectivity index (χ4n) is 3.45. The van der Waals surface area contributed by atoms with Crippen LogP contribution < -0.4 is 4.74 Å². The van der Waals surface area contributed by atoms with Gasteiger partial charge in [-0.2, -0.15) is 0 Å². The van der Waals surface area contributed by atoms with Gasteiger partial charge >= 0.3 is 0 Å². The van der Waals surface area contributed by atoms with Gasteiger partial charge in [-0.3, -0.25) is 0 Å². The zero-order valence-electron chi connectivity index (χ0n) is 10.3. The molecule has 1 aliphatic heterocycles. The average molecular weight is 242 g/mol. The Morgan fingerprint density at radius 3 is 2.94 bits per heavy atom. The second kappa shape index (κ2) is 3.25. The molecule has 1 nitrogen and oxygen atoms in total. The average Bonchev–Trinajstić information content (AvgIpc) is 3.12. The first-order valence-corrected chi connectivity index (χ1v) is 6.52. The van der Waals surface area contributed by atoms with Crippen molar-refractivity contribution in [1.82, 2.24) is 0 Å². The van der Waals surface area contributed by atoms with E-state index in [0.717, 1.165) is 24.2 Å². The van der Waals surface area contributed by atoms with Crippen molar-refractivity contribution in [2.24, 2.45) is 5.92 Å². The molecule has 1 heterocycles. The zero-order valence-corrected chi connectivity index (χ0v) is 10.3. The lowest BCUT2D eigenvalue weighted by Crippen LogP contribution is -2.39. The highest BCUT2D eigenvalue weighted by atomic mass is 19.1. The van der Waals surface area contributed by atoms with Crippen LogP contribution in [-0.2, 0) is 5.41 Å². The molecular weight excluding hydrogens is 227 g/mol. The van der Waals surface area contributed by atoms with Crippen LogP contribution in [0, 0.1) is 11.7 Å². The Morgan fingerprint density at radius 2 is 2.17 bits per heavy atom. The molecule has 1 fully saturated rings. The van der Waals surface area contributed by atoms with Gasteiger partial charge in [-0.15, -0.1) is 0 Å². The first-order valence-electron chi connectivity index (χ1n) is 6.52. The molecular formula is C16H15FO. The van der Waals surface area contributed by atoms with Gasteiger partial charge in [0.1, 0.15) is 17.7 Å². The summed E-state index contributed by atoms with van der Waals surface area (Å²) in [5.41, 5.74) is 2.45. The van der Waals surface area contributed by atoms with Crippen molar-refractivity contribution in [2.75, 3.05) is 0 Å². The van der Waals surface area contributed by atoms with E-state index in [2.05, 4.69) is 25.2 Å². The van der Waals surface area contributed by atoms with E-state index in [4.69, 9.17) is 4.74 Å². The molecule has 0 aromatic heterocycles. The molecule has 2 aliphatic carbocycles. The van der Waals surface area contributed by atoms with Gasteiger partial charge in [0.15, 0.2) is 0 Å². The highest BCUT2D eigenvalue weighted by molar-refractivity contribution is 5.50. The summed E-state index contributed by atoms with van der Waals surface area (Å²) < 4.78 is 19.5. The molecule has 3 aliphatic rings. The van der Waals surface area contributed by atoms with Gasteiger partial charge in [-0.05, 0) is 44.0 Å². The van der Waals surface area contributed by atoms with Crippen LogP contribution in [0.5, 0.6) is 5.75 Å². The van der Waals surface area contributed by atoms with Gasteiger partial charge in [0, 0.05) is 16.9 Å². The van der Waals surface area contributed by atoms with E-state index in [-0.39, 0.29) is 17.3 Å². The number of fused-ring (bicyclic) bond motifs is 4. The Labute approximate surface area is 106 Å². The SMILES string of the molecule is CC1=CC2Oc3ccc(F)cc3C3(CC3)C2C=C1. The normalized spacial score (nSPS) is 30.2. The molecule has 0 saturated heterocycles. The van der Waals surface area contributed by atoms with E-state index in [0.29, 0.717) is 5.92 Å². The molecule has 2 heteroatoms. The number of rotatable bonds is 0. The van der Waals surface area contributed by atoms with Crippen LogP contribution in [0.15, 0.2) is 42.0 Å². The van der Waals surface area contributed by atoms with E-state index in [9.17, 15) is 4.39 Å². The second-order valence-corrected chi connectivity index (χ2v) is 5.67. The molecule has 1 aromatic rings. The molecule has 18 heavy (non-hydrogen) atoms. The molecule has 2 unspecified atom stereocenters. The van der Waals surface area contributed by atoms with Crippen LogP contribution in [0.1, 0.15) is 25.3 Å².